The smallest absolute Gasteiger partial charge is 0.137 e. The zero-order valence-corrected chi connectivity index (χ0v) is 12.0. The number of para-hydroxylation sites is 1. The van der Waals surface area contributed by atoms with E-state index in [1.165, 1.54) is 5.56 Å². The summed E-state index contributed by atoms with van der Waals surface area (Å²) in [4.78, 5) is 11.1. The van der Waals surface area contributed by atoms with Crippen molar-refractivity contribution in [1.82, 2.24) is 0 Å². The van der Waals surface area contributed by atoms with Crippen LogP contribution < -0.4 is 9.47 Å². The lowest BCUT2D eigenvalue weighted by Gasteiger charge is -2.12. The molecule has 3 rings (SSSR count). The molecule has 0 radical (unpaired) electrons. The number of rotatable bonds is 5. The summed E-state index contributed by atoms with van der Waals surface area (Å²) in [5, 5.41) is 0. The minimum Gasteiger partial charge on any atom is -0.490 e. The van der Waals surface area contributed by atoms with Crippen molar-refractivity contribution in [3.05, 3.63) is 59.7 Å². The van der Waals surface area contributed by atoms with E-state index in [4.69, 9.17) is 9.47 Å². The molecule has 1 aliphatic rings. The molecule has 0 aromatic heterocycles. The normalized spacial score (nSPS) is 16.1. The Morgan fingerprint density at radius 2 is 1.95 bits per heavy atom. The Kier molecular flexibility index (Phi) is 3.91. The molecule has 1 heterocycles. The molecule has 21 heavy (non-hydrogen) atoms. The monoisotopic (exact) mass is 282 g/mol. The summed E-state index contributed by atoms with van der Waals surface area (Å²) in [6.07, 6.45) is 1.43. The molecule has 108 valence electrons. The van der Waals surface area contributed by atoms with E-state index in [-0.39, 0.29) is 11.9 Å². The van der Waals surface area contributed by atoms with E-state index < -0.39 is 0 Å². The SMILES string of the molecule is CC(=O)Cc1ccc(OCC2Cc3ccccc3O2)cc1. The maximum atomic E-state index is 11.1. The highest BCUT2D eigenvalue weighted by Gasteiger charge is 2.22. The van der Waals surface area contributed by atoms with Gasteiger partial charge in [-0.3, -0.25) is 4.79 Å². The van der Waals surface area contributed by atoms with Crippen molar-refractivity contribution in [1.29, 1.82) is 0 Å². The van der Waals surface area contributed by atoms with Crippen LogP contribution in [0, 0.1) is 0 Å². The molecule has 0 aliphatic carbocycles. The summed E-state index contributed by atoms with van der Waals surface area (Å²) >= 11 is 0. The Hall–Kier alpha value is -2.29. The molecule has 0 saturated carbocycles. The standard InChI is InChI=1S/C18H18O3/c1-13(19)10-14-6-8-16(9-7-14)20-12-17-11-15-4-2-3-5-18(15)21-17/h2-9,17H,10-12H2,1H3. The molecule has 2 aromatic rings. The molecule has 2 aromatic carbocycles. The largest absolute Gasteiger partial charge is 0.490 e. The number of fused-ring (bicyclic) bond motifs is 1. The fraction of sp³-hybridized carbons (Fsp3) is 0.278. The average Bonchev–Trinajstić information content (AvgIpc) is 2.89. The molecule has 3 nitrogen and oxygen atoms in total. The van der Waals surface area contributed by atoms with Crippen molar-refractivity contribution in [2.24, 2.45) is 0 Å². The predicted octanol–water partition coefficient (Wildman–Crippen LogP) is 3.20. The Labute approximate surface area is 124 Å². The molecule has 0 saturated heterocycles. The zero-order valence-electron chi connectivity index (χ0n) is 12.0. The summed E-state index contributed by atoms with van der Waals surface area (Å²) in [5.41, 5.74) is 2.25. The third-order valence-electron chi connectivity index (χ3n) is 3.53. The van der Waals surface area contributed by atoms with Crippen LogP contribution in [0.2, 0.25) is 0 Å². The van der Waals surface area contributed by atoms with Crippen molar-refractivity contribution < 1.29 is 14.3 Å². The molecule has 0 amide bonds. The number of carbonyl (C=O) groups excluding carboxylic acids is 1. The van der Waals surface area contributed by atoms with Crippen LogP contribution in [-0.2, 0) is 17.6 Å². The average molecular weight is 282 g/mol. The lowest BCUT2D eigenvalue weighted by Crippen LogP contribution is -2.22. The number of hydrogen-bond acceptors (Lipinski definition) is 3. The number of ether oxygens (including phenoxy) is 2. The maximum Gasteiger partial charge on any atom is 0.137 e. The van der Waals surface area contributed by atoms with Crippen LogP contribution >= 0.6 is 0 Å². The van der Waals surface area contributed by atoms with Gasteiger partial charge in [-0.1, -0.05) is 30.3 Å². The third kappa shape index (κ3) is 3.43. The predicted molar refractivity (Wildman–Crippen MR) is 80.9 cm³/mol. The zero-order chi connectivity index (χ0) is 14.7. The lowest BCUT2D eigenvalue weighted by atomic mass is 10.1. The van der Waals surface area contributed by atoms with Gasteiger partial charge in [-0.25, -0.2) is 0 Å². The van der Waals surface area contributed by atoms with E-state index >= 15 is 0 Å². The van der Waals surface area contributed by atoms with Gasteiger partial charge < -0.3 is 9.47 Å². The number of Topliss-reactive ketones (excluding diaryl/α,β-unsaturated/α-hetero) is 1. The Morgan fingerprint density at radius 3 is 2.67 bits per heavy atom. The van der Waals surface area contributed by atoms with Gasteiger partial charge in [-0.2, -0.15) is 0 Å². The van der Waals surface area contributed by atoms with Crippen molar-refractivity contribution >= 4 is 5.78 Å². The summed E-state index contributed by atoms with van der Waals surface area (Å²) < 4.78 is 11.6. The number of hydrogen-bond donors (Lipinski definition) is 0. The van der Waals surface area contributed by atoms with Gasteiger partial charge in [0.25, 0.3) is 0 Å². The van der Waals surface area contributed by atoms with E-state index in [9.17, 15) is 4.79 Å². The highest BCUT2D eigenvalue weighted by Crippen LogP contribution is 2.28. The minimum atomic E-state index is 0.0688. The van der Waals surface area contributed by atoms with Crippen LogP contribution in [0.3, 0.4) is 0 Å². The van der Waals surface area contributed by atoms with Crippen molar-refractivity contribution in [3.8, 4) is 11.5 Å². The maximum absolute atomic E-state index is 11.1. The van der Waals surface area contributed by atoms with Gasteiger partial charge in [0, 0.05) is 12.8 Å². The summed E-state index contributed by atoms with van der Waals surface area (Å²) in [5.74, 6) is 1.94. The molecule has 0 bridgehead atoms. The van der Waals surface area contributed by atoms with Crippen LogP contribution in [0.25, 0.3) is 0 Å². The first-order chi connectivity index (χ1) is 10.2. The minimum absolute atomic E-state index is 0.0688. The molecule has 3 heteroatoms. The van der Waals surface area contributed by atoms with Crippen molar-refractivity contribution in [2.45, 2.75) is 25.9 Å². The van der Waals surface area contributed by atoms with Crippen LogP contribution in [0.5, 0.6) is 11.5 Å². The molecular formula is C18H18O3. The van der Waals surface area contributed by atoms with E-state index in [1.807, 2.05) is 42.5 Å². The Balaban J connectivity index is 1.53. The molecule has 1 unspecified atom stereocenters. The lowest BCUT2D eigenvalue weighted by molar-refractivity contribution is -0.116. The van der Waals surface area contributed by atoms with Gasteiger partial charge in [0.15, 0.2) is 0 Å². The molecule has 1 aliphatic heterocycles. The number of ketones is 1. The first-order valence-corrected chi connectivity index (χ1v) is 7.16. The second-order valence-electron chi connectivity index (χ2n) is 5.39. The van der Waals surface area contributed by atoms with Gasteiger partial charge in [-0.15, -0.1) is 0 Å². The first kappa shape index (κ1) is 13.7. The van der Waals surface area contributed by atoms with Crippen LogP contribution in [0.15, 0.2) is 48.5 Å². The van der Waals surface area contributed by atoms with Gasteiger partial charge in [0.05, 0.1) is 0 Å². The Bertz CT molecular complexity index is 606. The third-order valence-corrected chi connectivity index (χ3v) is 3.53. The van der Waals surface area contributed by atoms with Crippen LogP contribution in [0.4, 0.5) is 0 Å². The number of carbonyl (C=O) groups is 1. The van der Waals surface area contributed by atoms with Gasteiger partial charge >= 0.3 is 0 Å². The van der Waals surface area contributed by atoms with Gasteiger partial charge in [0.1, 0.15) is 30.0 Å². The quantitative estimate of drug-likeness (QED) is 0.845. The molecule has 0 N–H and O–H groups in total. The fourth-order valence-electron chi connectivity index (χ4n) is 2.53. The van der Waals surface area contributed by atoms with E-state index in [1.54, 1.807) is 6.92 Å². The summed E-state index contributed by atoms with van der Waals surface area (Å²) in [6, 6.07) is 15.8. The Morgan fingerprint density at radius 1 is 1.19 bits per heavy atom. The second kappa shape index (κ2) is 6.00. The van der Waals surface area contributed by atoms with Gasteiger partial charge in [0.2, 0.25) is 0 Å². The number of benzene rings is 2. The van der Waals surface area contributed by atoms with Crippen molar-refractivity contribution in [3.63, 3.8) is 0 Å². The molecular weight excluding hydrogens is 264 g/mol. The molecule has 0 fully saturated rings. The van der Waals surface area contributed by atoms with E-state index in [0.717, 1.165) is 23.5 Å². The van der Waals surface area contributed by atoms with E-state index in [2.05, 4.69) is 6.07 Å². The molecule has 0 spiro atoms. The second-order valence-corrected chi connectivity index (χ2v) is 5.39. The first-order valence-electron chi connectivity index (χ1n) is 7.16. The van der Waals surface area contributed by atoms with Crippen LogP contribution in [-0.4, -0.2) is 18.5 Å². The van der Waals surface area contributed by atoms with Gasteiger partial charge in [-0.05, 0) is 36.2 Å². The van der Waals surface area contributed by atoms with Crippen LogP contribution in [0.1, 0.15) is 18.1 Å². The fourth-order valence-corrected chi connectivity index (χ4v) is 2.53. The van der Waals surface area contributed by atoms with Crippen molar-refractivity contribution in [2.75, 3.05) is 6.61 Å². The topological polar surface area (TPSA) is 35.5 Å². The molecule has 1 atom stereocenters. The van der Waals surface area contributed by atoms with E-state index in [0.29, 0.717) is 13.0 Å². The highest BCUT2D eigenvalue weighted by molar-refractivity contribution is 5.78. The summed E-state index contributed by atoms with van der Waals surface area (Å²) in [7, 11) is 0. The highest BCUT2D eigenvalue weighted by atomic mass is 16.5. The summed E-state index contributed by atoms with van der Waals surface area (Å²) in [6.45, 7) is 2.13.